The van der Waals surface area contributed by atoms with Crippen molar-refractivity contribution in [1.82, 2.24) is 0 Å². The summed E-state index contributed by atoms with van der Waals surface area (Å²) in [4.78, 5) is 21.8. The van der Waals surface area contributed by atoms with Crippen molar-refractivity contribution in [3.63, 3.8) is 0 Å². The number of Topliss-reactive ketones (excluding diaryl/α,β-unsaturated/α-hetero) is 1. The molecular formula is C12H14O3. The molecule has 0 aliphatic carbocycles. The molecule has 0 aliphatic rings. The van der Waals surface area contributed by atoms with E-state index in [1.54, 1.807) is 0 Å². The topological polar surface area (TPSA) is 54.4 Å². The van der Waals surface area contributed by atoms with Gasteiger partial charge in [-0.05, 0) is 18.9 Å². The zero-order valence-electron chi connectivity index (χ0n) is 8.64. The lowest BCUT2D eigenvalue weighted by atomic mass is 9.91. The van der Waals surface area contributed by atoms with Crippen LogP contribution in [0.1, 0.15) is 31.2 Å². The molecule has 0 amide bonds. The molecule has 0 aliphatic heterocycles. The Morgan fingerprint density at radius 1 is 1.27 bits per heavy atom. The Labute approximate surface area is 88.7 Å². The van der Waals surface area contributed by atoms with Gasteiger partial charge < -0.3 is 5.11 Å². The van der Waals surface area contributed by atoms with Crippen LogP contribution < -0.4 is 0 Å². The number of benzene rings is 1. The van der Waals surface area contributed by atoms with Gasteiger partial charge >= 0.3 is 5.97 Å². The number of carbonyl (C=O) groups excluding carboxylic acids is 1. The lowest BCUT2D eigenvalue weighted by molar-refractivity contribution is -0.137. The summed E-state index contributed by atoms with van der Waals surface area (Å²) in [7, 11) is 0. The molecule has 0 bridgehead atoms. The molecule has 3 nitrogen and oxygen atoms in total. The summed E-state index contributed by atoms with van der Waals surface area (Å²) in [6, 6.07) is 9.29. The first-order valence-electron chi connectivity index (χ1n) is 4.88. The molecule has 0 heterocycles. The average molecular weight is 206 g/mol. The van der Waals surface area contributed by atoms with Gasteiger partial charge in [-0.25, -0.2) is 0 Å². The lowest BCUT2D eigenvalue weighted by Crippen LogP contribution is -2.10. The van der Waals surface area contributed by atoms with E-state index in [1.807, 2.05) is 30.3 Å². The van der Waals surface area contributed by atoms with Crippen molar-refractivity contribution in [3.05, 3.63) is 35.9 Å². The first-order valence-corrected chi connectivity index (χ1v) is 4.88. The van der Waals surface area contributed by atoms with Gasteiger partial charge in [-0.1, -0.05) is 30.3 Å². The van der Waals surface area contributed by atoms with Crippen LogP contribution in [0.15, 0.2) is 30.3 Å². The van der Waals surface area contributed by atoms with Gasteiger partial charge in [-0.2, -0.15) is 0 Å². The molecule has 15 heavy (non-hydrogen) atoms. The number of hydrogen-bond donors (Lipinski definition) is 1. The molecular weight excluding hydrogens is 192 g/mol. The van der Waals surface area contributed by atoms with E-state index in [2.05, 4.69) is 0 Å². The smallest absolute Gasteiger partial charge is 0.303 e. The maximum atomic E-state index is 11.4. The van der Waals surface area contributed by atoms with E-state index in [9.17, 15) is 9.59 Å². The monoisotopic (exact) mass is 206 g/mol. The van der Waals surface area contributed by atoms with E-state index in [0.717, 1.165) is 5.56 Å². The van der Waals surface area contributed by atoms with Crippen LogP contribution in [0.3, 0.4) is 0 Å². The van der Waals surface area contributed by atoms with Crippen molar-refractivity contribution in [1.29, 1.82) is 0 Å². The summed E-state index contributed by atoms with van der Waals surface area (Å²) in [6.45, 7) is 1.50. The van der Waals surface area contributed by atoms with Crippen LogP contribution in [0.25, 0.3) is 0 Å². The Balaban J connectivity index is 2.75. The molecule has 1 atom stereocenters. The highest BCUT2D eigenvalue weighted by molar-refractivity contribution is 5.83. The molecule has 80 valence electrons. The summed E-state index contributed by atoms with van der Waals surface area (Å²) >= 11 is 0. The first-order chi connectivity index (χ1) is 7.11. The second-order valence-electron chi connectivity index (χ2n) is 3.51. The van der Waals surface area contributed by atoms with Gasteiger partial charge in [-0.3, -0.25) is 9.59 Å². The quantitative estimate of drug-likeness (QED) is 0.803. The van der Waals surface area contributed by atoms with Crippen molar-refractivity contribution in [2.24, 2.45) is 0 Å². The Hall–Kier alpha value is -1.64. The standard InChI is InChI=1S/C12H14O3/c1-9(13)11(7-8-12(14)15)10-5-3-2-4-6-10/h2-6,11H,7-8H2,1H3,(H,14,15)/t11-/m1/s1. The van der Waals surface area contributed by atoms with Gasteiger partial charge in [0, 0.05) is 12.3 Å². The first kappa shape index (κ1) is 11.4. The van der Waals surface area contributed by atoms with Gasteiger partial charge in [-0.15, -0.1) is 0 Å². The third-order valence-corrected chi connectivity index (χ3v) is 2.34. The Morgan fingerprint density at radius 2 is 1.87 bits per heavy atom. The van der Waals surface area contributed by atoms with Gasteiger partial charge in [0.25, 0.3) is 0 Å². The molecule has 0 radical (unpaired) electrons. The third-order valence-electron chi connectivity index (χ3n) is 2.34. The minimum absolute atomic E-state index is 0.0162. The lowest BCUT2D eigenvalue weighted by Gasteiger charge is -2.12. The SMILES string of the molecule is CC(=O)[C@@H](CCC(=O)O)c1ccccc1. The zero-order chi connectivity index (χ0) is 11.3. The van der Waals surface area contributed by atoms with Crippen LogP contribution in [0.2, 0.25) is 0 Å². The molecule has 1 N–H and O–H groups in total. The van der Waals surface area contributed by atoms with E-state index in [4.69, 9.17) is 5.11 Å². The molecule has 0 saturated carbocycles. The maximum Gasteiger partial charge on any atom is 0.303 e. The third kappa shape index (κ3) is 3.54. The van der Waals surface area contributed by atoms with Crippen LogP contribution in [0.5, 0.6) is 0 Å². The number of carbonyl (C=O) groups is 2. The van der Waals surface area contributed by atoms with Crippen LogP contribution in [-0.4, -0.2) is 16.9 Å². The fourth-order valence-corrected chi connectivity index (χ4v) is 1.56. The van der Waals surface area contributed by atoms with E-state index < -0.39 is 5.97 Å². The molecule has 1 rings (SSSR count). The molecule has 0 saturated heterocycles. The van der Waals surface area contributed by atoms with Crippen molar-refractivity contribution in [3.8, 4) is 0 Å². The van der Waals surface area contributed by atoms with Crippen LogP contribution in [-0.2, 0) is 9.59 Å². The van der Waals surface area contributed by atoms with Crippen molar-refractivity contribution >= 4 is 11.8 Å². The molecule has 1 aromatic rings. The van der Waals surface area contributed by atoms with Gasteiger partial charge in [0.1, 0.15) is 5.78 Å². The zero-order valence-corrected chi connectivity index (χ0v) is 8.64. The Morgan fingerprint density at radius 3 is 2.33 bits per heavy atom. The normalized spacial score (nSPS) is 12.1. The predicted octanol–water partition coefficient (Wildman–Crippen LogP) is 2.22. The summed E-state index contributed by atoms with van der Waals surface area (Å²) in [5.41, 5.74) is 0.895. The highest BCUT2D eigenvalue weighted by atomic mass is 16.4. The van der Waals surface area contributed by atoms with Crippen molar-refractivity contribution in [2.75, 3.05) is 0 Å². The number of aliphatic carboxylic acids is 1. The summed E-state index contributed by atoms with van der Waals surface area (Å²) in [5, 5.41) is 8.58. The number of rotatable bonds is 5. The summed E-state index contributed by atoms with van der Waals surface area (Å²) < 4.78 is 0. The number of carboxylic acid groups (broad SMARTS) is 1. The molecule has 0 unspecified atom stereocenters. The predicted molar refractivity (Wildman–Crippen MR) is 56.7 cm³/mol. The fraction of sp³-hybridized carbons (Fsp3) is 0.333. The second-order valence-corrected chi connectivity index (χ2v) is 3.51. The summed E-state index contributed by atoms with van der Waals surface area (Å²) in [6.07, 6.45) is 0.397. The molecule has 0 aromatic heterocycles. The van der Waals surface area contributed by atoms with Crippen molar-refractivity contribution < 1.29 is 14.7 Å². The van der Waals surface area contributed by atoms with E-state index in [0.29, 0.717) is 6.42 Å². The highest BCUT2D eigenvalue weighted by Crippen LogP contribution is 2.21. The van der Waals surface area contributed by atoms with Gasteiger partial charge in [0.2, 0.25) is 0 Å². The van der Waals surface area contributed by atoms with Crippen molar-refractivity contribution in [2.45, 2.75) is 25.7 Å². The number of hydrogen-bond acceptors (Lipinski definition) is 2. The number of carboxylic acids is 1. The largest absolute Gasteiger partial charge is 0.481 e. The average Bonchev–Trinajstić information content (AvgIpc) is 2.18. The molecule has 0 fully saturated rings. The minimum atomic E-state index is -0.864. The van der Waals surface area contributed by atoms with Crippen LogP contribution in [0.4, 0.5) is 0 Å². The van der Waals surface area contributed by atoms with E-state index in [-0.39, 0.29) is 18.1 Å². The fourth-order valence-electron chi connectivity index (χ4n) is 1.56. The van der Waals surface area contributed by atoms with Crippen LogP contribution >= 0.6 is 0 Å². The highest BCUT2D eigenvalue weighted by Gasteiger charge is 2.17. The maximum absolute atomic E-state index is 11.4. The van der Waals surface area contributed by atoms with E-state index >= 15 is 0 Å². The second kappa shape index (κ2) is 5.29. The molecule has 1 aromatic carbocycles. The molecule has 3 heteroatoms. The van der Waals surface area contributed by atoms with Gasteiger partial charge in [0.05, 0.1) is 0 Å². The van der Waals surface area contributed by atoms with Crippen LogP contribution in [0, 0.1) is 0 Å². The Bertz CT molecular complexity index is 343. The minimum Gasteiger partial charge on any atom is -0.481 e. The van der Waals surface area contributed by atoms with Gasteiger partial charge in [0.15, 0.2) is 0 Å². The summed E-state index contributed by atoms with van der Waals surface area (Å²) in [5.74, 6) is -1.14. The molecule has 0 spiro atoms. The van der Waals surface area contributed by atoms with E-state index in [1.165, 1.54) is 6.92 Å². The number of ketones is 1. The Kier molecular flexibility index (Phi) is 4.03.